The first-order valence-electron chi connectivity index (χ1n) is 8.28. The van der Waals surface area contributed by atoms with Crippen molar-refractivity contribution < 1.29 is 9.59 Å². The molecule has 2 amide bonds. The summed E-state index contributed by atoms with van der Waals surface area (Å²) in [5, 5.41) is 7.02. The quantitative estimate of drug-likeness (QED) is 0.851. The van der Waals surface area contributed by atoms with Gasteiger partial charge in [0.15, 0.2) is 0 Å². The lowest BCUT2D eigenvalue weighted by Crippen LogP contribution is -2.55. The van der Waals surface area contributed by atoms with Crippen LogP contribution in [0, 0.1) is 5.92 Å². The molecule has 1 aromatic heterocycles. The Morgan fingerprint density at radius 2 is 2.22 bits per heavy atom. The van der Waals surface area contributed by atoms with E-state index >= 15 is 0 Å². The van der Waals surface area contributed by atoms with Gasteiger partial charge < -0.3 is 16.0 Å². The molecule has 3 rings (SSSR count). The maximum Gasteiger partial charge on any atom is 0.249 e. The largest absolute Gasteiger partial charge is 0.344 e. The van der Waals surface area contributed by atoms with Crippen molar-refractivity contribution in [2.45, 2.75) is 50.6 Å². The number of carbonyl (C=O) groups excluding carboxylic acids is 2. The van der Waals surface area contributed by atoms with Gasteiger partial charge in [-0.2, -0.15) is 5.10 Å². The predicted octanol–water partition coefficient (Wildman–Crippen LogP) is 0.549. The summed E-state index contributed by atoms with van der Waals surface area (Å²) in [4.78, 5) is 26.8. The van der Waals surface area contributed by atoms with Crippen molar-refractivity contribution in [2.24, 2.45) is 18.7 Å². The van der Waals surface area contributed by atoms with Gasteiger partial charge in [-0.3, -0.25) is 14.3 Å². The number of hydrogen-bond donors (Lipinski definition) is 2. The third-order valence-electron chi connectivity index (χ3n) is 5.10. The average Bonchev–Trinajstić information content (AvgIpc) is 3.05. The highest BCUT2D eigenvalue weighted by molar-refractivity contribution is 6.01. The molecule has 1 saturated carbocycles. The molecule has 0 spiro atoms. The molecule has 23 heavy (non-hydrogen) atoms. The van der Waals surface area contributed by atoms with E-state index in [-0.39, 0.29) is 17.7 Å². The highest BCUT2D eigenvalue weighted by Gasteiger charge is 2.41. The Balaban J connectivity index is 1.64. The van der Waals surface area contributed by atoms with Crippen LogP contribution in [0.3, 0.4) is 0 Å². The zero-order valence-electron chi connectivity index (χ0n) is 13.8. The van der Waals surface area contributed by atoms with Gasteiger partial charge in [0.1, 0.15) is 6.04 Å². The lowest BCUT2D eigenvalue weighted by molar-refractivity contribution is -0.131. The van der Waals surface area contributed by atoms with Gasteiger partial charge in [-0.05, 0) is 26.2 Å². The fourth-order valence-corrected chi connectivity index (χ4v) is 3.68. The summed E-state index contributed by atoms with van der Waals surface area (Å²) in [5.74, 6) is -0.363. The smallest absolute Gasteiger partial charge is 0.249 e. The minimum atomic E-state index is -0.479. The fraction of sp³-hybridized carbons (Fsp3) is 0.688. The van der Waals surface area contributed by atoms with Gasteiger partial charge in [0.2, 0.25) is 11.8 Å². The molecule has 2 fully saturated rings. The molecule has 1 aliphatic heterocycles. The van der Waals surface area contributed by atoms with Crippen LogP contribution < -0.4 is 16.0 Å². The number of aromatic nitrogens is 2. The molecule has 1 aliphatic carbocycles. The molecule has 3 N–H and O–H groups in total. The number of aryl methyl sites for hydroxylation is 1. The molecule has 1 saturated heterocycles. The summed E-state index contributed by atoms with van der Waals surface area (Å²) in [6, 6.07) is -0.458. The van der Waals surface area contributed by atoms with E-state index in [1.807, 2.05) is 14.0 Å². The summed E-state index contributed by atoms with van der Waals surface area (Å²) in [5.41, 5.74) is 6.58. The summed E-state index contributed by atoms with van der Waals surface area (Å²) >= 11 is 0. The van der Waals surface area contributed by atoms with Crippen molar-refractivity contribution in [1.29, 1.82) is 0 Å². The summed E-state index contributed by atoms with van der Waals surface area (Å²) in [6.45, 7) is 2.54. The lowest BCUT2D eigenvalue weighted by Gasteiger charge is -2.37. The van der Waals surface area contributed by atoms with Crippen LogP contribution >= 0.6 is 0 Å². The highest BCUT2D eigenvalue weighted by atomic mass is 16.2. The van der Waals surface area contributed by atoms with Gasteiger partial charge in [-0.1, -0.05) is 12.8 Å². The number of nitrogens with one attached hydrogen (secondary N) is 1. The number of rotatable bonds is 3. The highest BCUT2D eigenvalue weighted by Crippen LogP contribution is 2.32. The summed E-state index contributed by atoms with van der Waals surface area (Å²) < 4.78 is 1.66. The first-order chi connectivity index (χ1) is 10.9. The second-order valence-corrected chi connectivity index (χ2v) is 7.02. The second kappa shape index (κ2) is 5.96. The van der Waals surface area contributed by atoms with Crippen molar-refractivity contribution in [2.75, 3.05) is 11.4 Å². The van der Waals surface area contributed by atoms with Gasteiger partial charge in [0.05, 0.1) is 17.8 Å². The van der Waals surface area contributed by atoms with Crippen LogP contribution in [0.1, 0.15) is 39.0 Å². The SMILES string of the molecule is Cn1cc(N2CCC(NC(=O)C3CCCCC3(C)N)C2=O)cn1. The van der Waals surface area contributed by atoms with E-state index in [9.17, 15) is 9.59 Å². The molecule has 3 unspecified atom stereocenters. The van der Waals surface area contributed by atoms with Crippen molar-refractivity contribution in [3.05, 3.63) is 12.4 Å². The Morgan fingerprint density at radius 1 is 1.43 bits per heavy atom. The van der Waals surface area contributed by atoms with E-state index in [1.54, 1.807) is 22.0 Å². The van der Waals surface area contributed by atoms with Crippen LogP contribution in [0.25, 0.3) is 0 Å². The third-order valence-corrected chi connectivity index (χ3v) is 5.10. The van der Waals surface area contributed by atoms with Crippen molar-refractivity contribution in [3.8, 4) is 0 Å². The molecule has 2 aliphatic rings. The topological polar surface area (TPSA) is 93.2 Å². The maximum absolute atomic E-state index is 12.6. The molecule has 2 heterocycles. The molecule has 0 aromatic carbocycles. The van der Waals surface area contributed by atoms with Gasteiger partial charge >= 0.3 is 0 Å². The molecule has 7 nitrogen and oxygen atoms in total. The second-order valence-electron chi connectivity index (χ2n) is 7.02. The van der Waals surface area contributed by atoms with Crippen molar-refractivity contribution >= 4 is 17.5 Å². The summed E-state index contributed by atoms with van der Waals surface area (Å²) in [7, 11) is 1.81. The van der Waals surface area contributed by atoms with Crippen molar-refractivity contribution in [3.63, 3.8) is 0 Å². The van der Waals surface area contributed by atoms with E-state index < -0.39 is 11.6 Å². The van der Waals surface area contributed by atoms with E-state index in [1.165, 1.54) is 0 Å². The average molecular weight is 319 g/mol. The number of nitrogens with zero attached hydrogens (tertiary/aromatic N) is 3. The van der Waals surface area contributed by atoms with Crippen LogP contribution in [0.2, 0.25) is 0 Å². The van der Waals surface area contributed by atoms with E-state index in [0.29, 0.717) is 13.0 Å². The van der Waals surface area contributed by atoms with Gasteiger partial charge in [0, 0.05) is 25.3 Å². The molecule has 3 atom stereocenters. The van der Waals surface area contributed by atoms with Gasteiger partial charge in [-0.15, -0.1) is 0 Å². The van der Waals surface area contributed by atoms with Gasteiger partial charge in [0.25, 0.3) is 0 Å². The molecular weight excluding hydrogens is 294 g/mol. The van der Waals surface area contributed by atoms with Crippen LogP contribution in [-0.2, 0) is 16.6 Å². The normalized spacial score (nSPS) is 31.4. The van der Waals surface area contributed by atoms with E-state index in [4.69, 9.17) is 5.73 Å². The monoisotopic (exact) mass is 319 g/mol. The Morgan fingerprint density at radius 3 is 2.87 bits per heavy atom. The number of nitrogens with two attached hydrogens (primary N) is 1. The Bertz CT molecular complexity index is 609. The summed E-state index contributed by atoms with van der Waals surface area (Å²) in [6.07, 6.45) is 7.82. The predicted molar refractivity (Wildman–Crippen MR) is 86.7 cm³/mol. The third kappa shape index (κ3) is 3.10. The number of amides is 2. The standard InChI is InChI=1S/C16H25N5O2/c1-16(17)7-4-3-5-12(16)14(22)19-13-6-8-21(15(13)23)11-9-18-20(2)10-11/h9-10,12-13H,3-8,17H2,1-2H3,(H,19,22). The Labute approximate surface area is 136 Å². The maximum atomic E-state index is 12.6. The van der Waals surface area contributed by atoms with Crippen LogP contribution in [0.4, 0.5) is 5.69 Å². The number of carbonyl (C=O) groups is 2. The molecule has 0 radical (unpaired) electrons. The van der Waals surface area contributed by atoms with Crippen LogP contribution in [-0.4, -0.2) is 39.7 Å². The number of anilines is 1. The molecule has 126 valence electrons. The zero-order chi connectivity index (χ0) is 16.6. The molecular formula is C16H25N5O2. The fourth-order valence-electron chi connectivity index (χ4n) is 3.68. The minimum absolute atomic E-state index is 0.0686. The molecule has 1 aromatic rings. The first kappa shape index (κ1) is 16.0. The van der Waals surface area contributed by atoms with Gasteiger partial charge in [-0.25, -0.2) is 0 Å². The van der Waals surface area contributed by atoms with E-state index in [2.05, 4.69) is 10.4 Å². The Hall–Kier alpha value is -1.89. The van der Waals surface area contributed by atoms with Crippen LogP contribution in [0.15, 0.2) is 12.4 Å². The minimum Gasteiger partial charge on any atom is -0.344 e. The molecule has 0 bridgehead atoms. The van der Waals surface area contributed by atoms with Crippen LogP contribution in [0.5, 0.6) is 0 Å². The lowest BCUT2D eigenvalue weighted by atomic mass is 9.74. The Kier molecular flexibility index (Phi) is 4.14. The number of hydrogen-bond acceptors (Lipinski definition) is 4. The zero-order valence-corrected chi connectivity index (χ0v) is 13.8. The first-order valence-corrected chi connectivity index (χ1v) is 8.28. The van der Waals surface area contributed by atoms with Crippen molar-refractivity contribution in [1.82, 2.24) is 15.1 Å². The van der Waals surface area contributed by atoms with E-state index in [0.717, 1.165) is 31.4 Å². The molecule has 7 heteroatoms.